The van der Waals surface area contributed by atoms with Crippen molar-refractivity contribution in [3.8, 4) is 17.0 Å². The highest BCUT2D eigenvalue weighted by atomic mass is 16.5. The summed E-state index contributed by atoms with van der Waals surface area (Å²) >= 11 is 0. The molecule has 0 spiro atoms. The number of hydrogen-bond donors (Lipinski definition) is 0. The minimum Gasteiger partial charge on any atom is -0.471 e. The maximum atomic E-state index is 12.8. The van der Waals surface area contributed by atoms with Crippen LogP contribution in [0.25, 0.3) is 22.2 Å². The SMILES string of the molecule is COCn1c(=O)n(C)c2c(-c3cnn(C)c3)cnc(OCc3ccccc3)c21. The number of methoxy groups -OCH3 is 1. The van der Waals surface area contributed by atoms with E-state index in [1.807, 2.05) is 43.6 Å². The number of imidazole rings is 1. The fourth-order valence-corrected chi connectivity index (χ4v) is 3.28. The second-order valence-corrected chi connectivity index (χ2v) is 6.54. The zero-order valence-corrected chi connectivity index (χ0v) is 16.0. The second-order valence-electron chi connectivity index (χ2n) is 6.54. The quantitative estimate of drug-likeness (QED) is 0.514. The molecule has 28 heavy (non-hydrogen) atoms. The van der Waals surface area contributed by atoms with Crippen molar-refractivity contribution in [1.29, 1.82) is 0 Å². The van der Waals surface area contributed by atoms with E-state index < -0.39 is 0 Å². The van der Waals surface area contributed by atoms with Crippen LogP contribution in [0.1, 0.15) is 5.56 Å². The molecule has 0 N–H and O–H groups in total. The first-order chi connectivity index (χ1) is 13.6. The third-order valence-electron chi connectivity index (χ3n) is 4.61. The molecule has 0 fully saturated rings. The molecule has 3 aromatic heterocycles. The Bertz CT molecular complexity index is 1170. The summed E-state index contributed by atoms with van der Waals surface area (Å²) in [7, 11) is 5.13. The van der Waals surface area contributed by atoms with Crippen LogP contribution < -0.4 is 10.4 Å². The Kier molecular flexibility index (Phi) is 4.70. The summed E-state index contributed by atoms with van der Waals surface area (Å²) in [5.41, 5.74) is 3.84. The second kappa shape index (κ2) is 7.32. The van der Waals surface area contributed by atoms with Crippen molar-refractivity contribution in [1.82, 2.24) is 23.9 Å². The Hall–Kier alpha value is -3.39. The largest absolute Gasteiger partial charge is 0.471 e. The standard InChI is InChI=1S/C20H21N5O3/c1-23-11-15(9-22-23)16-10-21-19(28-12-14-7-5-4-6-8-14)18-17(16)24(2)20(26)25(18)13-27-3/h4-11H,12-13H2,1-3H3. The van der Waals surface area contributed by atoms with Crippen molar-refractivity contribution in [2.75, 3.05) is 7.11 Å². The number of aryl methyl sites for hydroxylation is 2. The predicted molar refractivity (Wildman–Crippen MR) is 105 cm³/mol. The molecule has 4 rings (SSSR count). The fourth-order valence-electron chi connectivity index (χ4n) is 3.28. The van der Waals surface area contributed by atoms with E-state index in [1.54, 1.807) is 35.8 Å². The van der Waals surface area contributed by atoms with Gasteiger partial charge in [-0.15, -0.1) is 0 Å². The van der Waals surface area contributed by atoms with Gasteiger partial charge in [-0.05, 0) is 5.56 Å². The van der Waals surface area contributed by atoms with Crippen LogP contribution in [0, 0.1) is 0 Å². The maximum Gasteiger partial charge on any atom is 0.330 e. The Labute approximate surface area is 161 Å². The Morgan fingerprint density at radius 2 is 1.86 bits per heavy atom. The molecule has 8 heteroatoms. The van der Waals surface area contributed by atoms with Gasteiger partial charge in [-0.1, -0.05) is 30.3 Å². The number of benzene rings is 1. The normalized spacial score (nSPS) is 11.2. The summed E-state index contributed by atoms with van der Waals surface area (Å²) in [6.45, 7) is 0.460. The van der Waals surface area contributed by atoms with Gasteiger partial charge >= 0.3 is 5.69 Å². The molecule has 8 nitrogen and oxygen atoms in total. The Balaban J connectivity index is 1.88. The van der Waals surface area contributed by atoms with Gasteiger partial charge in [-0.25, -0.2) is 9.78 Å². The fraction of sp³-hybridized carbons (Fsp3) is 0.250. The highest BCUT2D eigenvalue weighted by molar-refractivity contribution is 5.94. The van der Waals surface area contributed by atoms with Gasteiger partial charge in [0.15, 0.2) is 0 Å². The van der Waals surface area contributed by atoms with Gasteiger partial charge < -0.3 is 9.47 Å². The minimum atomic E-state index is -0.195. The predicted octanol–water partition coefficient (Wildman–Crippen LogP) is 2.32. The summed E-state index contributed by atoms with van der Waals surface area (Å²) < 4.78 is 16.1. The van der Waals surface area contributed by atoms with Crippen LogP contribution in [0.2, 0.25) is 0 Å². The van der Waals surface area contributed by atoms with Crippen LogP contribution in [-0.2, 0) is 32.2 Å². The topological polar surface area (TPSA) is 76.1 Å². The minimum absolute atomic E-state index is 0.107. The molecule has 0 amide bonds. The van der Waals surface area contributed by atoms with Crippen LogP contribution in [-0.4, -0.2) is 31.0 Å². The average molecular weight is 379 g/mol. The van der Waals surface area contributed by atoms with Gasteiger partial charge in [0.05, 0.1) is 11.7 Å². The van der Waals surface area contributed by atoms with Crippen molar-refractivity contribution < 1.29 is 9.47 Å². The summed E-state index contributed by atoms with van der Waals surface area (Å²) in [6.07, 6.45) is 5.36. The molecule has 0 aliphatic heterocycles. The first-order valence-electron chi connectivity index (χ1n) is 8.83. The van der Waals surface area contributed by atoms with Crippen molar-refractivity contribution >= 4 is 11.0 Å². The van der Waals surface area contributed by atoms with Crippen LogP contribution in [0.15, 0.2) is 53.7 Å². The number of hydrogen-bond acceptors (Lipinski definition) is 5. The van der Waals surface area contributed by atoms with Gasteiger partial charge in [-0.3, -0.25) is 13.8 Å². The first-order valence-corrected chi connectivity index (χ1v) is 8.83. The van der Waals surface area contributed by atoms with E-state index in [0.29, 0.717) is 18.0 Å². The molecule has 0 bridgehead atoms. The number of rotatable bonds is 6. The van der Waals surface area contributed by atoms with E-state index in [2.05, 4.69) is 10.1 Å². The summed E-state index contributed by atoms with van der Waals surface area (Å²) in [5.74, 6) is 0.390. The summed E-state index contributed by atoms with van der Waals surface area (Å²) in [6, 6.07) is 9.83. The number of ether oxygens (including phenoxy) is 2. The molecule has 4 aromatic rings. The third kappa shape index (κ3) is 3.07. The van der Waals surface area contributed by atoms with Crippen LogP contribution >= 0.6 is 0 Å². The zero-order chi connectivity index (χ0) is 19.7. The maximum absolute atomic E-state index is 12.8. The van der Waals surface area contributed by atoms with E-state index >= 15 is 0 Å². The molecular weight excluding hydrogens is 358 g/mol. The zero-order valence-electron chi connectivity index (χ0n) is 16.0. The van der Waals surface area contributed by atoms with E-state index in [9.17, 15) is 4.79 Å². The monoisotopic (exact) mass is 379 g/mol. The number of pyridine rings is 1. The molecule has 0 atom stereocenters. The smallest absolute Gasteiger partial charge is 0.330 e. The van der Waals surface area contributed by atoms with Crippen LogP contribution in [0.5, 0.6) is 5.88 Å². The Morgan fingerprint density at radius 3 is 2.54 bits per heavy atom. The molecular formula is C20H21N5O3. The van der Waals surface area contributed by atoms with Crippen molar-refractivity contribution in [3.05, 3.63) is 65.0 Å². The van der Waals surface area contributed by atoms with Crippen molar-refractivity contribution in [3.63, 3.8) is 0 Å². The van der Waals surface area contributed by atoms with Crippen molar-refractivity contribution in [2.45, 2.75) is 13.3 Å². The van der Waals surface area contributed by atoms with Gasteiger partial charge in [0.1, 0.15) is 18.9 Å². The lowest BCUT2D eigenvalue weighted by Gasteiger charge is -2.11. The van der Waals surface area contributed by atoms with E-state index in [1.165, 1.54) is 4.57 Å². The van der Waals surface area contributed by atoms with Crippen LogP contribution in [0.4, 0.5) is 0 Å². The average Bonchev–Trinajstić information content (AvgIpc) is 3.25. The molecule has 0 aliphatic carbocycles. The van der Waals surface area contributed by atoms with Gasteiger partial charge in [0.2, 0.25) is 5.88 Å². The van der Waals surface area contributed by atoms with E-state index in [0.717, 1.165) is 22.2 Å². The first kappa shape index (κ1) is 18.0. The van der Waals surface area contributed by atoms with Crippen molar-refractivity contribution in [2.24, 2.45) is 14.1 Å². The highest BCUT2D eigenvalue weighted by Gasteiger charge is 2.21. The summed E-state index contributed by atoms with van der Waals surface area (Å²) in [5, 5.41) is 4.23. The third-order valence-corrected chi connectivity index (χ3v) is 4.61. The molecule has 0 aliphatic rings. The highest BCUT2D eigenvalue weighted by Crippen LogP contribution is 2.32. The van der Waals surface area contributed by atoms with Gasteiger partial charge in [0.25, 0.3) is 0 Å². The lowest BCUT2D eigenvalue weighted by atomic mass is 10.1. The molecule has 1 aromatic carbocycles. The molecule has 3 heterocycles. The number of nitrogens with zero attached hydrogens (tertiary/aromatic N) is 5. The number of aromatic nitrogens is 5. The molecule has 0 saturated carbocycles. The molecule has 0 radical (unpaired) electrons. The van der Waals surface area contributed by atoms with E-state index in [4.69, 9.17) is 9.47 Å². The summed E-state index contributed by atoms with van der Waals surface area (Å²) in [4.78, 5) is 17.4. The number of fused-ring (bicyclic) bond motifs is 1. The van der Waals surface area contributed by atoms with Gasteiger partial charge in [-0.2, -0.15) is 5.10 Å². The molecule has 0 saturated heterocycles. The molecule has 144 valence electrons. The van der Waals surface area contributed by atoms with E-state index in [-0.39, 0.29) is 12.4 Å². The molecule has 0 unspecified atom stereocenters. The van der Waals surface area contributed by atoms with Crippen LogP contribution in [0.3, 0.4) is 0 Å². The Morgan fingerprint density at radius 1 is 1.07 bits per heavy atom. The van der Waals surface area contributed by atoms with Gasteiger partial charge in [0, 0.05) is 44.7 Å². The lowest BCUT2D eigenvalue weighted by Crippen LogP contribution is -2.23. The lowest BCUT2D eigenvalue weighted by molar-refractivity contribution is 0.130.